The van der Waals surface area contributed by atoms with Crippen molar-refractivity contribution in [2.24, 2.45) is 0 Å². The Bertz CT molecular complexity index is 1350. The van der Waals surface area contributed by atoms with Crippen LogP contribution in [0.1, 0.15) is 15.9 Å². The van der Waals surface area contributed by atoms with Gasteiger partial charge in [0, 0.05) is 37.1 Å². The normalized spacial score (nSPS) is 20.0. The molecule has 3 heterocycles. The van der Waals surface area contributed by atoms with Crippen molar-refractivity contribution in [2.75, 3.05) is 45.2 Å². The average molecular weight is 538 g/mol. The Kier molecular flexibility index (Phi) is 6.32. The lowest BCUT2D eigenvalue weighted by molar-refractivity contribution is -0.137. The smallest absolute Gasteiger partial charge is 0.416 e. The fraction of sp³-hybridized carbons (Fsp3) is 0.304. The van der Waals surface area contributed by atoms with Crippen molar-refractivity contribution >= 4 is 35.3 Å². The summed E-state index contributed by atoms with van der Waals surface area (Å²) < 4.78 is 62.5. The molecule has 2 aliphatic rings. The van der Waals surface area contributed by atoms with Gasteiger partial charge in [0.05, 0.1) is 44.4 Å². The van der Waals surface area contributed by atoms with Crippen molar-refractivity contribution in [3.8, 4) is 17.2 Å². The molecule has 3 aromatic rings. The maximum Gasteiger partial charge on any atom is 0.416 e. The van der Waals surface area contributed by atoms with Crippen LogP contribution in [0.5, 0.6) is 11.5 Å². The molecule has 1 aromatic heterocycles. The molecule has 0 spiro atoms. The number of amides is 1. The Morgan fingerprint density at radius 3 is 2.33 bits per heavy atom. The Morgan fingerprint density at radius 2 is 1.72 bits per heavy atom. The van der Waals surface area contributed by atoms with Crippen LogP contribution in [0.4, 0.5) is 18.9 Å². The number of carbonyl (C=O) groups is 1. The standard InChI is InChI=1S/C23H22F3N4O4PS/c1-32-17-11-15(12-18(14-17)33-2)21(31)30-20-13-16(23(24,25)26)3-4-19(20)29-6-5-27-22(29)35(30,36)28-7-9-34-10-8-28/h3-6,11-14H,7-10H2,1-2H3. The topological polar surface area (TPSA) is 69.1 Å². The molecular formula is C23H22F3N4O4PS. The minimum absolute atomic E-state index is 0.0666. The van der Waals surface area contributed by atoms with Gasteiger partial charge >= 0.3 is 6.18 Å². The molecule has 0 N–H and O–H groups in total. The molecule has 0 aliphatic carbocycles. The lowest BCUT2D eigenvalue weighted by Crippen LogP contribution is -2.49. The third kappa shape index (κ3) is 3.98. The minimum atomic E-state index is -4.61. The molecule has 1 atom stereocenters. The number of hydrogen-bond acceptors (Lipinski definition) is 6. The molecule has 1 fully saturated rings. The number of imidazole rings is 1. The van der Waals surface area contributed by atoms with Crippen molar-refractivity contribution < 1.29 is 32.2 Å². The van der Waals surface area contributed by atoms with Gasteiger partial charge in [0.25, 0.3) is 5.91 Å². The van der Waals surface area contributed by atoms with Gasteiger partial charge in [-0.15, -0.1) is 0 Å². The Labute approximate surface area is 210 Å². The average Bonchev–Trinajstić information content (AvgIpc) is 3.39. The number of rotatable bonds is 4. The van der Waals surface area contributed by atoms with Crippen molar-refractivity contribution in [3.05, 3.63) is 59.9 Å². The van der Waals surface area contributed by atoms with Crippen LogP contribution in [-0.4, -0.2) is 60.7 Å². The molecule has 36 heavy (non-hydrogen) atoms. The van der Waals surface area contributed by atoms with E-state index in [9.17, 15) is 18.0 Å². The third-order valence-electron chi connectivity index (χ3n) is 6.10. The zero-order chi connectivity index (χ0) is 25.7. The molecule has 0 bridgehead atoms. The first-order valence-electron chi connectivity index (χ1n) is 10.9. The van der Waals surface area contributed by atoms with E-state index < -0.39 is 24.0 Å². The summed E-state index contributed by atoms with van der Waals surface area (Å²) in [5.41, 5.74) is 0.172. The van der Waals surface area contributed by atoms with E-state index in [0.29, 0.717) is 49.1 Å². The van der Waals surface area contributed by atoms with Crippen LogP contribution in [-0.2, 0) is 22.7 Å². The first-order valence-corrected chi connectivity index (χ1v) is 13.7. The summed E-state index contributed by atoms with van der Waals surface area (Å²) in [7, 11) is 2.90. The highest BCUT2D eigenvalue weighted by Crippen LogP contribution is 2.59. The van der Waals surface area contributed by atoms with Gasteiger partial charge in [-0.1, -0.05) is 0 Å². The molecule has 8 nitrogen and oxygen atoms in total. The van der Waals surface area contributed by atoms with Gasteiger partial charge in [0.2, 0.25) is 0 Å². The molecule has 190 valence electrons. The predicted octanol–water partition coefficient (Wildman–Crippen LogP) is 3.84. The van der Waals surface area contributed by atoms with E-state index in [0.717, 1.165) is 12.1 Å². The second-order valence-electron chi connectivity index (χ2n) is 8.13. The van der Waals surface area contributed by atoms with Crippen LogP contribution in [0.2, 0.25) is 0 Å². The van der Waals surface area contributed by atoms with E-state index in [1.807, 2.05) is 4.67 Å². The van der Waals surface area contributed by atoms with Gasteiger partial charge in [0.1, 0.15) is 11.5 Å². The van der Waals surface area contributed by atoms with Crippen LogP contribution in [0.15, 0.2) is 48.8 Å². The Balaban J connectivity index is 1.78. The Hall–Kier alpha value is -2.92. The minimum Gasteiger partial charge on any atom is -0.497 e. The summed E-state index contributed by atoms with van der Waals surface area (Å²) >= 11 is 6.27. The number of morpholine rings is 1. The molecule has 1 saturated heterocycles. The highest BCUT2D eigenvalue weighted by Gasteiger charge is 2.47. The number of hydrogen-bond donors (Lipinski definition) is 0. The van der Waals surface area contributed by atoms with Crippen LogP contribution in [0.25, 0.3) is 5.69 Å². The number of nitrogens with zero attached hydrogens (tertiary/aromatic N) is 4. The summed E-state index contributed by atoms with van der Waals surface area (Å²) in [5, 5.41) is 0. The largest absolute Gasteiger partial charge is 0.497 e. The molecule has 0 saturated carbocycles. The molecular weight excluding hydrogens is 516 g/mol. The summed E-state index contributed by atoms with van der Waals surface area (Å²) in [4.78, 5) is 18.8. The number of fused-ring (bicyclic) bond motifs is 3. The molecule has 13 heteroatoms. The summed E-state index contributed by atoms with van der Waals surface area (Å²) in [6.45, 7) is 1.57. The van der Waals surface area contributed by atoms with E-state index in [4.69, 9.17) is 26.0 Å². The first kappa shape index (κ1) is 24.8. The molecule has 5 rings (SSSR count). The first-order chi connectivity index (χ1) is 17.2. The molecule has 2 aromatic carbocycles. The van der Waals surface area contributed by atoms with Gasteiger partial charge in [-0.2, -0.15) is 13.2 Å². The van der Waals surface area contributed by atoms with Crippen molar-refractivity contribution in [3.63, 3.8) is 0 Å². The van der Waals surface area contributed by atoms with E-state index in [2.05, 4.69) is 4.98 Å². The zero-order valence-electron chi connectivity index (χ0n) is 19.4. The highest BCUT2D eigenvalue weighted by atomic mass is 32.4. The molecule has 2 aliphatic heterocycles. The maximum absolute atomic E-state index is 14.2. The number of carbonyl (C=O) groups excluding carboxylic acids is 1. The number of alkyl halides is 3. The zero-order valence-corrected chi connectivity index (χ0v) is 21.1. The van der Waals surface area contributed by atoms with Gasteiger partial charge in [-0.05, 0) is 42.1 Å². The van der Waals surface area contributed by atoms with Crippen molar-refractivity contribution in [1.82, 2.24) is 14.2 Å². The number of benzene rings is 2. The lowest BCUT2D eigenvalue weighted by Gasteiger charge is -2.46. The van der Waals surface area contributed by atoms with Crippen molar-refractivity contribution in [2.45, 2.75) is 6.18 Å². The quantitative estimate of drug-likeness (QED) is 0.468. The number of anilines is 1. The molecule has 0 radical (unpaired) electrons. The van der Waals surface area contributed by atoms with Crippen LogP contribution < -0.4 is 19.7 Å². The van der Waals surface area contributed by atoms with E-state index >= 15 is 0 Å². The fourth-order valence-corrected chi connectivity index (χ4v) is 8.63. The second kappa shape index (κ2) is 9.19. The van der Waals surface area contributed by atoms with Crippen molar-refractivity contribution in [1.29, 1.82) is 0 Å². The van der Waals surface area contributed by atoms with E-state index in [-0.39, 0.29) is 11.3 Å². The number of halogens is 3. The van der Waals surface area contributed by atoms with Gasteiger partial charge in [0.15, 0.2) is 11.9 Å². The number of ether oxygens (including phenoxy) is 3. The monoisotopic (exact) mass is 538 g/mol. The second-order valence-corrected chi connectivity index (χ2v) is 12.1. The van der Waals surface area contributed by atoms with E-state index in [1.165, 1.54) is 37.1 Å². The lowest BCUT2D eigenvalue weighted by atomic mass is 10.1. The van der Waals surface area contributed by atoms with Gasteiger partial charge in [-0.25, -0.2) is 9.65 Å². The van der Waals surface area contributed by atoms with E-state index in [1.54, 1.807) is 23.0 Å². The SMILES string of the molecule is COc1cc(OC)cc(C(=O)N2c3cc(C(F)(F)F)ccc3-n3ccnc3P2(=S)N2CCOCC2)c1. The van der Waals surface area contributed by atoms with Crippen LogP contribution in [0.3, 0.4) is 0 Å². The Morgan fingerprint density at radius 1 is 1.06 bits per heavy atom. The summed E-state index contributed by atoms with van der Waals surface area (Å²) in [6.07, 6.45) is -4.66. The number of methoxy groups -OCH3 is 2. The maximum atomic E-state index is 14.2. The van der Waals surface area contributed by atoms with Crippen LogP contribution in [0, 0.1) is 0 Å². The number of aromatic nitrogens is 2. The predicted molar refractivity (Wildman–Crippen MR) is 131 cm³/mol. The summed E-state index contributed by atoms with van der Waals surface area (Å²) in [5.74, 6) is 0.150. The molecule has 1 unspecified atom stereocenters. The third-order valence-corrected chi connectivity index (χ3v) is 10.7. The summed E-state index contributed by atoms with van der Waals surface area (Å²) in [6, 6.07) is 7.94. The molecule has 1 amide bonds. The fourth-order valence-electron chi connectivity index (χ4n) is 4.37. The van der Waals surface area contributed by atoms with Crippen LogP contribution >= 0.6 is 6.34 Å². The van der Waals surface area contributed by atoms with Gasteiger partial charge < -0.3 is 14.2 Å². The van der Waals surface area contributed by atoms with Gasteiger partial charge in [-0.3, -0.25) is 14.0 Å². The highest BCUT2D eigenvalue weighted by molar-refractivity contribution is 8.18.